The van der Waals surface area contributed by atoms with E-state index in [9.17, 15) is 4.79 Å². The van der Waals surface area contributed by atoms with Crippen LogP contribution in [0.4, 0.5) is 5.69 Å². The van der Waals surface area contributed by atoms with E-state index in [4.69, 9.17) is 17.3 Å². The third-order valence-corrected chi connectivity index (χ3v) is 2.63. The van der Waals surface area contributed by atoms with Crippen molar-refractivity contribution in [3.63, 3.8) is 0 Å². The Morgan fingerprint density at radius 2 is 2.38 bits per heavy atom. The molecule has 1 aromatic heterocycles. The molecule has 88 valence electrons. The van der Waals surface area contributed by atoms with E-state index >= 15 is 0 Å². The van der Waals surface area contributed by atoms with Crippen molar-refractivity contribution in [3.8, 4) is 0 Å². The lowest BCUT2D eigenvalue weighted by Crippen LogP contribution is -2.20. The maximum Gasteiger partial charge on any atom is 0.224 e. The molecule has 0 aromatic carbocycles. The molecule has 0 spiro atoms. The molecule has 1 rings (SSSR count). The van der Waals surface area contributed by atoms with Gasteiger partial charge in [0.1, 0.15) is 5.15 Å². The predicted octanol–water partition coefficient (Wildman–Crippen LogP) is 1.97. The number of rotatable bonds is 4. The molecule has 3 N–H and O–H groups in total. The molecule has 0 saturated carbocycles. The highest BCUT2D eigenvalue weighted by Gasteiger charge is 2.08. The second-order valence-electron chi connectivity index (χ2n) is 3.92. The van der Waals surface area contributed by atoms with Gasteiger partial charge in [-0.05, 0) is 31.0 Å². The Hall–Kier alpha value is -1.13. The number of pyridine rings is 1. The van der Waals surface area contributed by atoms with E-state index in [1.165, 1.54) is 0 Å². The number of nitrogens with one attached hydrogen (secondary N) is 1. The van der Waals surface area contributed by atoms with Gasteiger partial charge in [-0.3, -0.25) is 4.79 Å². The molecule has 16 heavy (non-hydrogen) atoms. The number of aromatic nitrogens is 1. The van der Waals surface area contributed by atoms with Gasteiger partial charge in [0.2, 0.25) is 5.91 Å². The minimum Gasteiger partial charge on any atom is -0.330 e. The second kappa shape index (κ2) is 5.82. The first-order valence-corrected chi connectivity index (χ1v) is 5.52. The maximum atomic E-state index is 11.6. The third kappa shape index (κ3) is 3.79. The Balaban J connectivity index is 2.59. The fourth-order valence-electron chi connectivity index (χ4n) is 1.24. The number of nitrogens with zero attached hydrogens (tertiary/aromatic N) is 1. The number of carbonyl (C=O) groups is 1. The van der Waals surface area contributed by atoms with E-state index in [2.05, 4.69) is 10.3 Å². The number of nitrogens with two attached hydrogens (primary N) is 1. The number of hydrogen-bond donors (Lipinski definition) is 2. The standard InChI is InChI=1S/C11H16ClN3O/c1-7(5-13)3-10(16)15-9-4-8(2)11(12)14-6-9/h4,6-7H,3,5,13H2,1-2H3,(H,15,16). The monoisotopic (exact) mass is 241 g/mol. The van der Waals surface area contributed by atoms with Crippen molar-refractivity contribution in [1.29, 1.82) is 0 Å². The lowest BCUT2D eigenvalue weighted by molar-refractivity contribution is -0.116. The quantitative estimate of drug-likeness (QED) is 0.792. The van der Waals surface area contributed by atoms with Crippen LogP contribution in [0.2, 0.25) is 5.15 Å². The predicted molar refractivity (Wildman–Crippen MR) is 65.4 cm³/mol. The minimum atomic E-state index is -0.0542. The summed E-state index contributed by atoms with van der Waals surface area (Å²) in [4.78, 5) is 15.5. The summed E-state index contributed by atoms with van der Waals surface area (Å²) in [6, 6.07) is 1.79. The first-order valence-electron chi connectivity index (χ1n) is 5.15. The van der Waals surface area contributed by atoms with Gasteiger partial charge in [0.25, 0.3) is 0 Å². The molecule has 0 aliphatic heterocycles. The fraction of sp³-hybridized carbons (Fsp3) is 0.455. The van der Waals surface area contributed by atoms with Crippen LogP contribution in [-0.2, 0) is 4.79 Å². The van der Waals surface area contributed by atoms with Crippen LogP contribution in [0.1, 0.15) is 18.9 Å². The highest BCUT2D eigenvalue weighted by atomic mass is 35.5. The van der Waals surface area contributed by atoms with Crippen molar-refractivity contribution in [2.45, 2.75) is 20.3 Å². The Labute approximate surface area is 100 Å². The zero-order chi connectivity index (χ0) is 12.1. The summed E-state index contributed by atoms with van der Waals surface area (Å²) >= 11 is 5.78. The average Bonchev–Trinajstić information content (AvgIpc) is 2.23. The van der Waals surface area contributed by atoms with Gasteiger partial charge >= 0.3 is 0 Å². The van der Waals surface area contributed by atoms with Crippen molar-refractivity contribution in [2.24, 2.45) is 11.7 Å². The molecule has 0 aliphatic carbocycles. The molecule has 1 atom stereocenters. The normalized spacial score (nSPS) is 12.2. The zero-order valence-corrected chi connectivity index (χ0v) is 10.2. The van der Waals surface area contributed by atoms with Crippen LogP contribution >= 0.6 is 11.6 Å². The SMILES string of the molecule is Cc1cc(NC(=O)CC(C)CN)cnc1Cl. The Bertz CT molecular complexity index is 381. The third-order valence-electron chi connectivity index (χ3n) is 2.23. The van der Waals surface area contributed by atoms with E-state index in [1.807, 2.05) is 13.8 Å². The maximum absolute atomic E-state index is 11.6. The van der Waals surface area contributed by atoms with Gasteiger partial charge in [-0.15, -0.1) is 0 Å². The molecule has 0 radical (unpaired) electrons. The van der Waals surface area contributed by atoms with Gasteiger partial charge < -0.3 is 11.1 Å². The van der Waals surface area contributed by atoms with Crippen LogP contribution in [0.3, 0.4) is 0 Å². The Kier molecular flexibility index (Phi) is 4.71. The molecule has 0 saturated heterocycles. The number of anilines is 1. The van der Waals surface area contributed by atoms with Gasteiger partial charge in [-0.25, -0.2) is 4.98 Å². The van der Waals surface area contributed by atoms with E-state index < -0.39 is 0 Å². The van der Waals surface area contributed by atoms with Crippen molar-refractivity contribution in [2.75, 3.05) is 11.9 Å². The summed E-state index contributed by atoms with van der Waals surface area (Å²) < 4.78 is 0. The number of halogens is 1. The van der Waals surface area contributed by atoms with Crippen LogP contribution in [-0.4, -0.2) is 17.4 Å². The first kappa shape index (κ1) is 12.9. The van der Waals surface area contributed by atoms with Crippen LogP contribution in [0.15, 0.2) is 12.3 Å². The second-order valence-corrected chi connectivity index (χ2v) is 4.28. The molecular weight excluding hydrogens is 226 g/mol. The van der Waals surface area contributed by atoms with Crippen LogP contribution in [0.25, 0.3) is 0 Å². The number of carbonyl (C=O) groups excluding carboxylic acids is 1. The topological polar surface area (TPSA) is 68.0 Å². The Morgan fingerprint density at radius 3 is 2.94 bits per heavy atom. The molecule has 1 amide bonds. The van der Waals surface area contributed by atoms with Crippen molar-refractivity contribution in [1.82, 2.24) is 4.98 Å². The minimum absolute atomic E-state index is 0.0542. The van der Waals surface area contributed by atoms with Crippen LogP contribution < -0.4 is 11.1 Å². The molecular formula is C11H16ClN3O. The molecule has 0 fully saturated rings. The smallest absolute Gasteiger partial charge is 0.224 e. The molecule has 1 aromatic rings. The summed E-state index contributed by atoms with van der Waals surface area (Å²) in [5, 5.41) is 3.21. The van der Waals surface area contributed by atoms with E-state index in [1.54, 1.807) is 12.3 Å². The average molecular weight is 242 g/mol. The van der Waals surface area contributed by atoms with Gasteiger partial charge in [-0.2, -0.15) is 0 Å². The molecule has 1 heterocycles. The molecule has 5 heteroatoms. The summed E-state index contributed by atoms with van der Waals surface area (Å²) in [5.41, 5.74) is 6.95. The lowest BCUT2D eigenvalue weighted by atomic mass is 10.1. The first-order chi connectivity index (χ1) is 7.52. The highest BCUT2D eigenvalue weighted by molar-refractivity contribution is 6.30. The van der Waals surface area contributed by atoms with E-state index in [0.29, 0.717) is 23.8 Å². The fourth-order valence-corrected chi connectivity index (χ4v) is 1.34. The number of amides is 1. The summed E-state index contributed by atoms with van der Waals surface area (Å²) in [5.74, 6) is 0.128. The van der Waals surface area contributed by atoms with Gasteiger partial charge in [-0.1, -0.05) is 18.5 Å². The van der Waals surface area contributed by atoms with Crippen molar-refractivity contribution < 1.29 is 4.79 Å². The summed E-state index contributed by atoms with van der Waals surface area (Å²) in [6.07, 6.45) is 1.96. The molecule has 0 bridgehead atoms. The largest absolute Gasteiger partial charge is 0.330 e. The van der Waals surface area contributed by atoms with Gasteiger partial charge in [0.15, 0.2) is 0 Å². The van der Waals surface area contributed by atoms with Crippen molar-refractivity contribution >= 4 is 23.2 Å². The molecule has 1 unspecified atom stereocenters. The summed E-state index contributed by atoms with van der Waals surface area (Å²) in [7, 11) is 0. The highest BCUT2D eigenvalue weighted by Crippen LogP contribution is 2.16. The van der Waals surface area contributed by atoms with E-state index in [-0.39, 0.29) is 11.8 Å². The van der Waals surface area contributed by atoms with Gasteiger partial charge in [0.05, 0.1) is 11.9 Å². The van der Waals surface area contributed by atoms with Crippen molar-refractivity contribution in [3.05, 3.63) is 23.0 Å². The summed E-state index contributed by atoms with van der Waals surface area (Å²) in [6.45, 7) is 4.28. The van der Waals surface area contributed by atoms with Crippen LogP contribution in [0.5, 0.6) is 0 Å². The van der Waals surface area contributed by atoms with Gasteiger partial charge in [0, 0.05) is 6.42 Å². The lowest BCUT2D eigenvalue weighted by Gasteiger charge is -2.09. The number of aryl methyl sites for hydroxylation is 1. The zero-order valence-electron chi connectivity index (χ0n) is 9.46. The molecule has 0 aliphatic rings. The Morgan fingerprint density at radius 1 is 1.69 bits per heavy atom. The van der Waals surface area contributed by atoms with Crippen LogP contribution in [0, 0.1) is 12.8 Å². The van der Waals surface area contributed by atoms with E-state index in [0.717, 1.165) is 5.56 Å². The molecule has 4 nitrogen and oxygen atoms in total. The number of hydrogen-bond acceptors (Lipinski definition) is 3.